The molecule has 0 aliphatic carbocycles. The Morgan fingerprint density at radius 3 is 2.84 bits per heavy atom. The molecule has 2 heterocycles. The summed E-state index contributed by atoms with van der Waals surface area (Å²) in [5, 5.41) is 30.5. The quantitative estimate of drug-likeness (QED) is 0.481. The van der Waals surface area contributed by atoms with Crippen molar-refractivity contribution in [3.63, 3.8) is 0 Å². The Morgan fingerprint density at radius 1 is 1.53 bits per heavy atom. The standard InChI is InChI=1S/C12H23BN2O4/c1-2-15-7-5-12(4-3-6-13(18)19)9(15)8-14-10(12)11(16)17/h9-10,14,18-19H,2-8H2,1H3,(H,16,17)/t9-,10+,12-/m0/s1. The second-order valence-corrected chi connectivity index (χ2v) is 5.68. The first-order valence-corrected chi connectivity index (χ1v) is 7.07. The molecule has 0 radical (unpaired) electrons. The van der Waals surface area contributed by atoms with Crippen molar-refractivity contribution >= 4 is 13.1 Å². The van der Waals surface area contributed by atoms with Crippen LogP contribution in [0.15, 0.2) is 0 Å². The molecule has 2 aliphatic rings. The largest absolute Gasteiger partial charge is 0.480 e. The van der Waals surface area contributed by atoms with Crippen LogP contribution in [0.25, 0.3) is 0 Å². The number of fused-ring (bicyclic) bond motifs is 1. The first-order valence-electron chi connectivity index (χ1n) is 7.07. The number of likely N-dealkylation sites (N-methyl/N-ethyl adjacent to an activating group) is 1. The summed E-state index contributed by atoms with van der Waals surface area (Å²) >= 11 is 0. The molecule has 2 fully saturated rings. The molecule has 4 N–H and O–H groups in total. The van der Waals surface area contributed by atoms with Crippen LogP contribution in [0, 0.1) is 5.41 Å². The number of rotatable bonds is 6. The van der Waals surface area contributed by atoms with Crippen LogP contribution in [0.3, 0.4) is 0 Å². The maximum absolute atomic E-state index is 11.5. The number of hydrogen-bond acceptors (Lipinski definition) is 5. The summed E-state index contributed by atoms with van der Waals surface area (Å²) < 4.78 is 0. The second kappa shape index (κ2) is 5.79. The van der Waals surface area contributed by atoms with Crippen LogP contribution >= 0.6 is 0 Å². The lowest BCUT2D eigenvalue weighted by Gasteiger charge is -2.34. The van der Waals surface area contributed by atoms with E-state index in [9.17, 15) is 9.90 Å². The van der Waals surface area contributed by atoms with Crippen molar-refractivity contribution in [1.82, 2.24) is 10.2 Å². The average Bonchev–Trinajstić information content (AvgIpc) is 2.84. The highest BCUT2D eigenvalue weighted by molar-refractivity contribution is 6.40. The smallest absolute Gasteiger partial charge is 0.451 e. The molecule has 0 bridgehead atoms. The Kier molecular flexibility index (Phi) is 4.50. The van der Waals surface area contributed by atoms with Crippen LogP contribution < -0.4 is 5.32 Å². The molecular weight excluding hydrogens is 247 g/mol. The number of nitrogens with zero attached hydrogens (tertiary/aromatic N) is 1. The van der Waals surface area contributed by atoms with E-state index >= 15 is 0 Å². The number of hydrogen-bond donors (Lipinski definition) is 4. The third kappa shape index (κ3) is 2.65. The van der Waals surface area contributed by atoms with Gasteiger partial charge in [-0.25, -0.2) is 0 Å². The average molecular weight is 270 g/mol. The van der Waals surface area contributed by atoms with E-state index in [1.807, 2.05) is 0 Å². The van der Waals surface area contributed by atoms with Gasteiger partial charge in [0.25, 0.3) is 0 Å². The molecule has 0 unspecified atom stereocenters. The molecule has 0 aromatic carbocycles. The van der Waals surface area contributed by atoms with Gasteiger partial charge in [0.1, 0.15) is 6.04 Å². The summed E-state index contributed by atoms with van der Waals surface area (Å²) in [5.74, 6) is -0.787. The van der Waals surface area contributed by atoms with E-state index < -0.39 is 19.1 Å². The maximum atomic E-state index is 11.5. The highest BCUT2D eigenvalue weighted by atomic mass is 16.4. The molecule has 0 amide bonds. The highest BCUT2D eigenvalue weighted by Crippen LogP contribution is 2.47. The fourth-order valence-corrected chi connectivity index (χ4v) is 3.90. The van der Waals surface area contributed by atoms with Crippen LogP contribution in [0.1, 0.15) is 26.2 Å². The third-order valence-electron chi connectivity index (χ3n) is 4.82. The molecular formula is C12H23BN2O4. The third-order valence-corrected chi connectivity index (χ3v) is 4.82. The predicted molar refractivity (Wildman–Crippen MR) is 71.7 cm³/mol. The zero-order chi connectivity index (χ0) is 14.0. The molecule has 2 saturated heterocycles. The summed E-state index contributed by atoms with van der Waals surface area (Å²) in [7, 11) is -1.30. The van der Waals surface area contributed by atoms with E-state index in [1.165, 1.54) is 0 Å². The molecule has 2 aliphatic heterocycles. The van der Waals surface area contributed by atoms with Crippen LogP contribution in [0.5, 0.6) is 0 Å². The van der Waals surface area contributed by atoms with Crippen molar-refractivity contribution in [3.05, 3.63) is 0 Å². The van der Waals surface area contributed by atoms with Gasteiger partial charge in [0, 0.05) is 18.0 Å². The summed E-state index contributed by atoms with van der Waals surface area (Å²) in [4.78, 5) is 13.8. The van der Waals surface area contributed by atoms with Crippen molar-refractivity contribution in [1.29, 1.82) is 0 Å². The number of carboxylic acids is 1. The SMILES string of the molecule is CCN1CC[C@]2(CCCB(O)O)[C@@H](C(=O)O)NC[C@H]12. The van der Waals surface area contributed by atoms with Gasteiger partial charge >= 0.3 is 13.1 Å². The highest BCUT2D eigenvalue weighted by Gasteiger charge is 2.57. The van der Waals surface area contributed by atoms with Gasteiger partial charge in [-0.1, -0.05) is 13.3 Å². The Bertz CT molecular complexity index is 342. The Hall–Kier alpha value is -0.625. The number of likely N-dealkylation sites (tertiary alicyclic amines) is 1. The van der Waals surface area contributed by atoms with E-state index in [2.05, 4.69) is 17.1 Å². The zero-order valence-electron chi connectivity index (χ0n) is 11.4. The fourth-order valence-electron chi connectivity index (χ4n) is 3.90. The molecule has 19 heavy (non-hydrogen) atoms. The van der Waals surface area contributed by atoms with Gasteiger partial charge in [-0.05, 0) is 32.3 Å². The normalized spacial score (nSPS) is 34.5. The summed E-state index contributed by atoms with van der Waals surface area (Å²) in [5.41, 5.74) is -0.253. The summed E-state index contributed by atoms with van der Waals surface area (Å²) in [6, 6.07) is -0.251. The lowest BCUT2D eigenvalue weighted by Crippen LogP contribution is -2.46. The second-order valence-electron chi connectivity index (χ2n) is 5.68. The monoisotopic (exact) mass is 270 g/mol. The minimum atomic E-state index is -1.30. The van der Waals surface area contributed by atoms with Crippen molar-refractivity contribution in [3.8, 4) is 0 Å². The van der Waals surface area contributed by atoms with Gasteiger partial charge in [0.2, 0.25) is 0 Å². The van der Waals surface area contributed by atoms with Crippen LogP contribution in [-0.2, 0) is 4.79 Å². The Morgan fingerprint density at radius 2 is 2.26 bits per heavy atom. The van der Waals surface area contributed by atoms with E-state index in [0.717, 1.165) is 25.9 Å². The molecule has 7 heteroatoms. The van der Waals surface area contributed by atoms with Gasteiger partial charge in [-0.15, -0.1) is 0 Å². The van der Waals surface area contributed by atoms with Gasteiger partial charge < -0.3 is 20.5 Å². The lowest BCUT2D eigenvalue weighted by atomic mass is 9.70. The van der Waals surface area contributed by atoms with Gasteiger partial charge in [0.15, 0.2) is 0 Å². The van der Waals surface area contributed by atoms with Gasteiger partial charge in [0.05, 0.1) is 0 Å². The first-order chi connectivity index (χ1) is 9.01. The number of carbonyl (C=O) groups is 1. The van der Waals surface area contributed by atoms with Crippen molar-refractivity contribution < 1.29 is 19.9 Å². The minimum Gasteiger partial charge on any atom is -0.480 e. The maximum Gasteiger partial charge on any atom is 0.451 e. The van der Waals surface area contributed by atoms with E-state index in [4.69, 9.17) is 10.0 Å². The Labute approximate surface area is 113 Å². The van der Waals surface area contributed by atoms with Crippen molar-refractivity contribution in [2.45, 2.75) is 44.6 Å². The number of nitrogens with one attached hydrogen (secondary N) is 1. The molecule has 2 rings (SSSR count). The number of carboxylic acid groups (broad SMARTS) is 1. The van der Waals surface area contributed by atoms with E-state index in [0.29, 0.717) is 19.3 Å². The van der Waals surface area contributed by atoms with Crippen LogP contribution in [0.2, 0.25) is 6.32 Å². The zero-order valence-corrected chi connectivity index (χ0v) is 11.4. The predicted octanol–water partition coefficient (Wildman–Crippen LogP) is -0.624. The van der Waals surface area contributed by atoms with Gasteiger partial charge in [-0.2, -0.15) is 0 Å². The Balaban J connectivity index is 2.11. The molecule has 0 saturated carbocycles. The topological polar surface area (TPSA) is 93.0 Å². The molecule has 0 spiro atoms. The van der Waals surface area contributed by atoms with Crippen LogP contribution in [-0.4, -0.2) is 64.9 Å². The fraction of sp³-hybridized carbons (Fsp3) is 0.917. The lowest BCUT2D eigenvalue weighted by molar-refractivity contribution is -0.142. The van der Waals surface area contributed by atoms with Crippen LogP contribution in [0.4, 0.5) is 0 Å². The van der Waals surface area contributed by atoms with Crippen molar-refractivity contribution in [2.24, 2.45) is 5.41 Å². The number of aliphatic carboxylic acids is 1. The molecule has 0 aromatic heterocycles. The molecule has 6 nitrogen and oxygen atoms in total. The molecule has 3 atom stereocenters. The molecule has 108 valence electrons. The van der Waals surface area contributed by atoms with Gasteiger partial charge in [-0.3, -0.25) is 9.69 Å². The molecule has 0 aromatic rings. The summed E-state index contributed by atoms with van der Waals surface area (Å²) in [6.07, 6.45) is 2.57. The summed E-state index contributed by atoms with van der Waals surface area (Å²) in [6.45, 7) is 4.69. The first kappa shape index (κ1) is 14.8. The van der Waals surface area contributed by atoms with Crippen molar-refractivity contribution in [2.75, 3.05) is 19.6 Å². The van der Waals surface area contributed by atoms with E-state index in [1.54, 1.807) is 0 Å². The minimum absolute atomic E-state index is 0.253. The van der Waals surface area contributed by atoms with E-state index in [-0.39, 0.29) is 11.5 Å².